The highest BCUT2D eigenvalue weighted by Gasteiger charge is 2.14. The molecule has 0 aliphatic rings. The fourth-order valence-corrected chi connectivity index (χ4v) is 2.71. The summed E-state index contributed by atoms with van der Waals surface area (Å²) >= 11 is 3.15. The third kappa shape index (κ3) is 5.42. The largest absolute Gasteiger partial charge is 0.478 e. The van der Waals surface area contributed by atoms with Gasteiger partial charge in [0.05, 0.1) is 34.3 Å². The molecule has 1 atom stereocenters. The maximum Gasteiger partial charge on any atom is 0.336 e. The number of carbonyl (C=O) groups is 1. The number of carboxylic acids is 1. The van der Waals surface area contributed by atoms with E-state index in [1.807, 2.05) is 20.8 Å². The van der Waals surface area contributed by atoms with Crippen LogP contribution in [0.4, 0.5) is 0 Å². The molecule has 0 heterocycles. The third-order valence-corrected chi connectivity index (χ3v) is 4.24. The zero-order valence-electron chi connectivity index (χ0n) is 11.1. The van der Waals surface area contributed by atoms with Crippen molar-refractivity contribution in [1.82, 2.24) is 0 Å². The molecule has 0 spiro atoms. The van der Waals surface area contributed by atoms with Gasteiger partial charge in [0, 0.05) is 9.37 Å². The molecule has 0 radical (unpaired) electrons. The van der Waals surface area contributed by atoms with Crippen molar-refractivity contribution in [2.45, 2.75) is 31.3 Å². The summed E-state index contributed by atoms with van der Waals surface area (Å²) in [5.41, 5.74) is -0.154. The lowest BCUT2D eigenvalue weighted by Crippen LogP contribution is -2.22. The highest BCUT2D eigenvalue weighted by Crippen LogP contribution is 2.20. The monoisotopic (exact) mass is 348 g/mol. The first-order chi connectivity index (χ1) is 8.70. The van der Waals surface area contributed by atoms with Crippen LogP contribution in [0.3, 0.4) is 0 Å². The molecule has 0 fully saturated rings. The molecule has 0 amide bonds. The van der Waals surface area contributed by atoms with Gasteiger partial charge in [0.15, 0.2) is 0 Å². The summed E-state index contributed by atoms with van der Waals surface area (Å²) in [6.07, 6.45) is 0. The van der Waals surface area contributed by atoms with Gasteiger partial charge in [-0.2, -0.15) is 0 Å². The van der Waals surface area contributed by atoms with E-state index in [0.717, 1.165) is 0 Å². The molecule has 6 heteroatoms. The van der Waals surface area contributed by atoms with E-state index in [1.165, 1.54) is 6.07 Å². The molecular weight excluding hydrogens is 332 g/mol. The number of halogens is 1. The number of carboxylic acid groups (broad SMARTS) is 1. The SMILES string of the molecule is CC(C)(C)OCCS(=O)c1ccc(Br)c(C(=O)O)c1. The van der Waals surface area contributed by atoms with E-state index in [9.17, 15) is 9.00 Å². The summed E-state index contributed by atoms with van der Waals surface area (Å²) in [5.74, 6) is -0.700. The Balaban J connectivity index is 2.73. The quantitative estimate of drug-likeness (QED) is 0.887. The minimum absolute atomic E-state index is 0.114. The normalized spacial score (nSPS) is 13.3. The number of rotatable bonds is 5. The molecule has 0 aliphatic heterocycles. The van der Waals surface area contributed by atoms with Gasteiger partial charge in [-0.25, -0.2) is 4.79 Å². The molecule has 1 unspecified atom stereocenters. The molecule has 1 aromatic carbocycles. The molecule has 4 nitrogen and oxygen atoms in total. The van der Waals surface area contributed by atoms with Crippen molar-refractivity contribution < 1.29 is 18.8 Å². The summed E-state index contributed by atoms with van der Waals surface area (Å²) < 4.78 is 18.0. The zero-order valence-corrected chi connectivity index (χ0v) is 13.5. The Hall–Kier alpha value is -0.720. The van der Waals surface area contributed by atoms with Gasteiger partial charge in [0.2, 0.25) is 0 Å². The van der Waals surface area contributed by atoms with Crippen LogP contribution in [0.1, 0.15) is 31.1 Å². The molecule has 1 N–H and O–H groups in total. The average molecular weight is 349 g/mol. The Morgan fingerprint density at radius 2 is 2.05 bits per heavy atom. The average Bonchev–Trinajstić information content (AvgIpc) is 2.27. The van der Waals surface area contributed by atoms with Crippen molar-refractivity contribution in [3.05, 3.63) is 28.2 Å². The molecule has 0 aliphatic carbocycles. The Morgan fingerprint density at radius 1 is 1.42 bits per heavy atom. The molecule has 1 aromatic rings. The third-order valence-electron chi connectivity index (χ3n) is 2.23. The van der Waals surface area contributed by atoms with Gasteiger partial charge >= 0.3 is 5.97 Å². The fourth-order valence-electron chi connectivity index (χ4n) is 1.35. The molecule has 19 heavy (non-hydrogen) atoms. The van der Waals surface area contributed by atoms with E-state index in [2.05, 4.69) is 15.9 Å². The van der Waals surface area contributed by atoms with Gasteiger partial charge in [-0.1, -0.05) is 0 Å². The maximum absolute atomic E-state index is 12.0. The highest BCUT2D eigenvalue weighted by atomic mass is 79.9. The second-order valence-electron chi connectivity index (χ2n) is 4.96. The van der Waals surface area contributed by atoms with E-state index in [0.29, 0.717) is 21.7 Å². The van der Waals surface area contributed by atoms with Gasteiger partial charge in [-0.15, -0.1) is 0 Å². The molecule has 0 bridgehead atoms. The van der Waals surface area contributed by atoms with Crippen molar-refractivity contribution in [2.24, 2.45) is 0 Å². The minimum Gasteiger partial charge on any atom is -0.478 e. The second kappa shape index (κ2) is 6.63. The number of ether oxygens (including phenoxy) is 1. The van der Waals surface area contributed by atoms with Crippen molar-refractivity contribution in [2.75, 3.05) is 12.4 Å². The first kappa shape index (κ1) is 16.3. The van der Waals surface area contributed by atoms with Crippen LogP contribution >= 0.6 is 15.9 Å². The van der Waals surface area contributed by atoms with Gasteiger partial charge < -0.3 is 9.84 Å². The number of hydrogen-bond acceptors (Lipinski definition) is 3. The Labute approximate surface area is 123 Å². The number of aromatic carboxylic acids is 1. The minimum atomic E-state index is -1.26. The predicted molar refractivity (Wildman–Crippen MR) is 78.1 cm³/mol. The number of hydrogen-bond donors (Lipinski definition) is 1. The Kier molecular flexibility index (Phi) is 5.70. The van der Waals surface area contributed by atoms with Crippen molar-refractivity contribution in [1.29, 1.82) is 0 Å². The summed E-state index contributed by atoms with van der Waals surface area (Å²) in [4.78, 5) is 11.5. The molecule has 0 aromatic heterocycles. The van der Waals surface area contributed by atoms with Crippen LogP contribution in [-0.4, -0.2) is 33.2 Å². The number of benzene rings is 1. The first-order valence-corrected chi connectivity index (χ1v) is 7.87. The van der Waals surface area contributed by atoms with Crippen LogP contribution in [-0.2, 0) is 15.5 Å². The lowest BCUT2D eigenvalue weighted by atomic mass is 10.2. The lowest BCUT2D eigenvalue weighted by Gasteiger charge is -2.19. The summed E-state index contributed by atoms with van der Waals surface area (Å²) in [5, 5.41) is 9.00. The molecule has 1 rings (SSSR count). The topological polar surface area (TPSA) is 63.6 Å². The fraction of sp³-hybridized carbons (Fsp3) is 0.462. The van der Waals surface area contributed by atoms with Gasteiger partial charge in [-0.3, -0.25) is 4.21 Å². The van der Waals surface area contributed by atoms with E-state index in [4.69, 9.17) is 9.84 Å². The van der Waals surface area contributed by atoms with Gasteiger partial charge in [-0.05, 0) is 54.9 Å². The van der Waals surface area contributed by atoms with E-state index >= 15 is 0 Å². The molecule has 0 saturated heterocycles. The van der Waals surface area contributed by atoms with Crippen LogP contribution in [0.25, 0.3) is 0 Å². The van der Waals surface area contributed by atoms with Crippen LogP contribution in [0, 0.1) is 0 Å². The van der Waals surface area contributed by atoms with Crippen LogP contribution in [0.2, 0.25) is 0 Å². The summed E-state index contributed by atoms with van der Waals surface area (Å²) in [6, 6.07) is 4.69. The Morgan fingerprint density at radius 3 is 2.58 bits per heavy atom. The first-order valence-electron chi connectivity index (χ1n) is 5.76. The predicted octanol–water partition coefficient (Wildman–Crippen LogP) is 3.07. The van der Waals surface area contributed by atoms with Crippen LogP contribution < -0.4 is 0 Å². The highest BCUT2D eigenvalue weighted by molar-refractivity contribution is 9.10. The molecule has 106 valence electrons. The zero-order chi connectivity index (χ0) is 14.6. The van der Waals surface area contributed by atoms with E-state index in [1.54, 1.807) is 12.1 Å². The molecule has 0 saturated carbocycles. The summed E-state index contributed by atoms with van der Waals surface area (Å²) in [6.45, 7) is 6.16. The maximum atomic E-state index is 12.0. The molecular formula is C13H17BrO4S. The standard InChI is InChI=1S/C13H17BrO4S/c1-13(2,3)18-6-7-19(17)9-4-5-11(14)10(8-9)12(15)16/h4-5,8H,6-7H2,1-3H3,(H,15,16). The van der Waals surface area contributed by atoms with E-state index < -0.39 is 16.8 Å². The van der Waals surface area contributed by atoms with Gasteiger partial charge in [0.25, 0.3) is 0 Å². The smallest absolute Gasteiger partial charge is 0.336 e. The van der Waals surface area contributed by atoms with Crippen molar-refractivity contribution in [3.63, 3.8) is 0 Å². The van der Waals surface area contributed by atoms with Crippen LogP contribution in [0.5, 0.6) is 0 Å². The Bertz CT molecular complexity index is 494. The van der Waals surface area contributed by atoms with Crippen molar-refractivity contribution in [3.8, 4) is 0 Å². The summed E-state index contributed by atoms with van der Waals surface area (Å²) in [7, 11) is -1.26. The second-order valence-corrected chi connectivity index (χ2v) is 7.38. The van der Waals surface area contributed by atoms with E-state index in [-0.39, 0.29) is 11.2 Å². The van der Waals surface area contributed by atoms with Crippen LogP contribution in [0.15, 0.2) is 27.6 Å². The van der Waals surface area contributed by atoms with Crippen molar-refractivity contribution >= 4 is 32.7 Å². The van der Waals surface area contributed by atoms with Gasteiger partial charge in [0.1, 0.15) is 0 Å². The lowest BCUT2D eigenvalue weighted by molar-refractivity contribution is 0.00668.